The van der Waals surface area contributed by atoms with Gasteiger partial charge in [-0.1, -0.05) is 6.92 Å². The summed E-state index contributed by atoms with van der Waals surface area (Å²) < 4.78 is 28.5. The number of benzene rings is 1. The van der Waals surface area contributed by atoms with Crippen molar-refractivity contribution in [3.05, 3.63) is 52.7 Å². The van der Waals surface area contributed by atoms with Crippen molar-refractivity contribution in [1.29, 1.82) is 0 Å². The lowest BCUT2D eigenvalue weighted by molar-refractivity contribution is 0.598. The van der Waals surface area contributed by atoms with Crippen molar-refractivity contribution in [2.45, 2.75) is 18.4 Å². The first-order chi connectivity index (χ1) is 10.9. The number of hydrogen-bond donors (Lipinski definition) is 2. The highest BCUT2D eigenvalue weighted by Gasteiger charge is 2.17. The van der Waals surface area contributed by atoms with Crippen LogP contribution >= 0.6 is 0 Å². The first-order valence-electron chi connectivity index (χ1n) is 7.06. The molecule has 2 N–H and O–H groups in total. The van der Waals surface area contributed by atoms with Crippen LogP contribution in [0.2, 0.25) is 0 Å². The summed E-state index contributed by atoms with van der Waals surface area (Å²) in [7, 11) is -2.09. The molecule has 7 nitrogen and oxygen atoms in total. The van der Waals surface area contributed by atoms with Gasteiger partial charge in [0.05, 0.1) is 6.33 Å². The van der Waals surface area contributed by atoms with E-state index in [1.54, 1.807) is 23.7 Å². The highest BCUT2D eigenvalue weighted by atomic mass is 32.2. The molecule has 2 aromatic heterocycles. The monoisotopic (exact) mass is 332 g/mol. The highest BCUT2D eigenvalue weighted by Crippen LogP contribution is 2.18. The largest absolute Gasteiger partial charge is 0.358 e. The first kappa shape index (κ1) is 15.3. The Morgan fingerprint density at radius 2 is 2.09 bits per heavy atom. The molecule has 8 heteroatoms. The Bertz CT molecular complexity index is 1030. The molecule has 0 aliphatic carbocycles. The fourth-order valence-corrected chi connectivity index (χ4v) is 3.32. The van der Waals surface area contributed by atoms with Crippen LogP contribution in [0.15, 0.2) is 46.6 Å². The van der Waals surface area contributed by atoms with Crippen LogP contribution in [0.3, 0.4) is 0 Å². The molecule has 1 aromatic carbocycles. The third kappa shape index (κ3) is 2.98. The molecule has 0 spiro atoms. The molecule has 0 saturated heterocycles. The number of pyridine rings is 1. The number of H-pyrrole nitrogens is 1. The zero-order valence-corrected chi connectivity index (χ0v) is 13.5. The second-order valence-electron chi connectivity index (χ2n) is 5.26. The van der Waals surface area contributed by atoms with Crippen LogP contribution in [0.4, 0.5) is 5.69 Å². The summed E-state index contributed by atoms with van der Waals surface area (Å²) in [5, 5.41) is 0.360. The Balaban J connectivity index is 2.01. The van der Waals surface area contributed by atoms with Gasteiger partial charge in [-0.25, -0.2) is 4.98 Å². The van der Waals surface area contributed by atoms with E-state index in [1.165, 1.54) is 24.7 Å². The molecule has 0 atom stereocenters. The number of nitrogens with zero attached hydrogens (tertiary/aromatic N) is 2. The van der Waals surface area contributed by atoms with Gasteiger partial charge in [0.15, 0.2) is 10.5 Å². The van der Waals surface area contributed by atoms with Crippen molar-refractivity contribution >= 4 is 26.6 Å². The van der Waals surface area contributed by atoms with Crippen LogP contribution in [0.5, 0.6) is 0 Å². The fourth-order valence-electron chi connectivity index (χ4n) is 2.29. The van der Waals surface area contributed by atoms with Gasteiger partial charge in [-0.3, -0.25) is 9.52 Å². The van der Waals surface area contributed by atoms with Crippen LogP contribution in [0.1, 0.15) is 12.6 Å². The van der Waals surface area contributed by atoms with Crippen LogP contribution in [-0.4, -0.2) is 23.0 Å². The van der Waals surface area contributed by atoms with Crippen molar-refractivity contribution in [2.75, 3.05) is 4.72 Å². The molecule has 0 saturated carbocycles. The molecule has 120 valence electrons. The summed E-state index contributed by atoms with van der Waals surface area (Å²) in [4.78, 5) is 19.1. The van der Waals surface area contributed by atoms with E-state index in [4.69, 9.17) is 0 Å². The van der Waals surface area contributed by atoms with Gasteiger partial charge >= 0.3 is 0 Å². The van der Waals surface area contributed by atoms with Crippen LogP contribution in [0, 0.1) is 0 Å². The quantitative estimate of drug-likeness (QED) is 0.759. The normalized spacial score (nSPS) is 11.7. The number of imidazole rings is 1. The molecule has 0 fully saturated rings. The summed E-state index contributed by atoms with van der Waals surface area (Å²) in [6.45, 7) is 1.95. The molecular formula is C15H16N4O3S. The second-order valence-corrected chi connectivity index (χ2v) is 6.88. The highest BCUT2D eigenvalue weighted by molar-refractivity contribution is 7.92. The lowest BCUT2D eigenvalue weighted by Crippen LogP contribution is -2.14. The maximum absolute atomic E-state index is 12.3. The lowest BCUT2D eigenvalue weighted by Gasteiger charge is -2.08. The molecule has 3 rings (SSSR count). The number of aromatic amines is 1. The Morgan fingerprint density at radius 3 is 2.74 bits per heavy atom. The number of fused-ring (bicyclic) bond motifs is 1. The smallest absolute Gasteiger partial charge is 0.280 e. The summed E-state index contributed by atoms with van der Waals surface area (Å²) in [6.07, 6.45) is 3.54. The third-order valence-corrected chi connectivity index (χ3v) is 4.74. The maximum Gasteiger partial charge on any atom is 0.280 e. The predicted octanol–water partition coefficient (Wildman–Crippen LogP) is 1.62. The van der Waals surface area contributed by atoms with Gasteiger partial charge in [0.25, 0.3) is 10.0 Å². The van der Waals surface area contributed by atoms with Gasteiger partial charge in [0.1, 0.15) is 0 Å². The standard InChI is InChI=1S/C15H16N4O3S/c1-3-10-7-14(20)12-6-11(4-5-13(12)17-10)18-23(21,22)15-8-19(2)9-16-15/h4-9,18H,3H2,1-2H3,(H,17,20). The van der Waals surface area contributed by atoms with Crippen molar-refractivity contribution < 1.29 is 8.42 Å². The van der Waals surface area contributed by atoms with Gasteiger partial charge in [-0.15, -0.1) is 0 Å². The zero-order valence-electron chi connectivity index (χ0n) is 12.7. The number of aromatic nitrogens is 3. The molecule has 0 bridgehead atoms. The summed E-state index contributed by atoms with van der Waals surface area (Å²) in [6, 6.07) is 6.35. The topological polar surface area (TPSA) is 96.8 Å². The molecule has 23 heavy (non-hydrogen) atoms. The van der Waals surface area contributed by atoms with E-state index in [2.05, 4.69) is 14.7 Å². The maximum atomic E-state index is 12.3. The van der Waals surface area contributed by atoms with E-state index in [1.807, 2.05) is 6.92 Å². The number of nitrogens with one attached hydrogen (secondary N) is 2. The summed E-state index contributed by atoms with van der Waals surface area (Å²) in [5.41, 5.74) is 1.69. The van der Waals surface area contributed by atoms with Gasteiger partial charge in [-0.2, -0.15) is 8.42 Å². The minimum Gasteiger partial charge on any atom is -0.358 e. The molecule has 0 amide bonds. The predicted molar refractivity (Wildman–Crippen MR) is 88.0 cm³/mol. The molecule has 0 aliphatic heterocycles. The summed E-state index contributed by atoms with van der Waals surface area (Å²) in [5.74, 6) is 0. The average molecular weight is 332 g/mol. The van der Waals surface area contributed by atoms with Gasteiger partial charge < -0.3 is 9.55 Å². The Labute approximate surface area is 133 Å². The van der Waals surface area contributed by atoms with Crippen molar-refractivity contribution in [2.24, 2.45) is 7.05 Å². The number of rotatable bonds is 4. The van der Waals surface area contributed by atoms with E-state index in [-0.39, 0.29) is 10.5 Å². The fraction of sp³-hybridized carbons (Fsp3) is 0.200. The van der Waals surface area contributed by atoms with Crippen LogP contribution < -0.4 is 10.2 Å². The Morgan fingerprint density at radius 1 is 1.30 bits per heavy atom. The van der Waals surface area contributed by atoms with Gasteiger partial charge in [0.2, 0.25) is 0 Å². The van der Waals surface area contributed by atoms with E-state index >= 15 is 0 Å². The minimum atomic E-state index is -3.78. The minimum absolute atomic E-state index is 0.0738. The van der Waals surface area contributed by atoms with Crippen molar-refractivity contribution in [3.8, 4) is 0 Å². The zero-order chi connectivity index (χ0) is 16.6. The van der Waals surface area contributed by atoms with Crippen molar-refractivity contribution in [3.63, 3.8) is 0 Å². The second kappa shape index (κ2) is 5.54. The first-order valence-corrected chi connectivity index (χ1v) is 8.54. The number of aryl methyl sites for hydroxylation is 2. The van der Waals surface area contributed by atoms with Gasteiger partial charge in [0, 0.05) is 41.6 Å². The number of anilines is 1. The van der Waals surface area contributed by atoms with Crippen LogP contribution in [0.25, 0.3) is 10.9 Å². The van der Waals surface area contributed by atoms with Gasteiger partial charge in [-0.05, 0) is 24.6 Å². The Kier molecular flexibility index (Phi) is 3.69. The SMILES string of the molecule is CCc1cc(=O)c2cc(NS(=O)(=O)c3cn(C)cn3)ccc2[nH]1. The van der Waals surface area contributed by atoms with E-state index in [9.17, 15) is 13.2 Å². The molecule has 0 aliphatic rings. The van der Waals surface area contributed by atoms with Crippen LogP contribution in [-0.2, 0) is 23.5 Å². The lowest BCUT2D eigenvalue weighted by atomic mass is 10.1. The molecular weight excluding hydrogens is 316 g/mol. The molecule has 3 aromatic rings. The third-order valence-electron chi connectivity index (χ3n) is 3.48. The average Bonchev–Trinajstić information content (AvgIpc) is 2.95. The number of hydrogen-bond acceptors (Lipinski definition) is 4. The molecule has 0 radical (unpaired) electrons. The Hall–Kier alpha value is -2.61. The van der Waals surface area contributed by atoms with E-state index in [0.29, 0.717) is 16.6 Å². The molecule has 2 heterocycles. The van der Waals surface area contributed by atoms with E-state index < -0.39 is 10.0 Å². The number of sulfonamides is 1. The van der Waals surface area contributed by atoms with E-state index in [0.717, 1.165) is 12.1 Å². The molecule has 0 unspecified atom stereocenters. The summed E-state index contributed by atoms with van der Waals surface area (Å²) >= 11 is 0. The van der Waals surface area contributed by atoms with Crippen molar-refractivity contribution in [1.82, 2.24) is 14.5 Å².